The molecule has 0 spiro atoms. The highest BCUT2D eigenvalue weighted by atomic mass is 16.5. The number of ether oxygens (including phenoxy) is 2. The Labute approximate surface area is 235 Å². The molecule has 2 heterocycles. The van der Waals surface area contributed by atoms with E-state index in [2.05, 4.69) is 15.1 Å². The summed E-state index contributed by atoms with van der Waals surface area (Å²) < 4.78 is 11.7. The van der Waals surface area contributed by atoms with Gasteiger partial charge in [-0.05, 0) is 37.1 Å². The van der Waals surface area contributed by atoms with Gasteiger partial charge in [-0.2, -0.15) is 0 Å². The zero-order valence-corrected chi connectivity index (χ0v) is 22.2. The third kappa shape index (κ3) is 12.9. The van der Waals surface area contributed by atoms with E-state index in [0.29, 0.717) is 24.1 Å². The summed E-state index contributed by atoms with van der Waals surface area (Å²) in [4.78, 5) is 53.7. The number of nitrogens with one attached hydrogen (secondary N) is 1. The molecule has 0 radical (unpaired) electrons. The van der Waals surface area contributed by atoms with Crippen LogP contribution in [0.3, 0.4) is 0 Å². The molecule has 14 heteroatoms. The molecule has 1 unspecified atom stereocenters. The Morgan fingerprint density at radius 3 is 1.85 bits per heavy atom. The van der Waals surface area contributed by atoms with Crippen molar-refractivity contribution in [3.8, 4) is 11.5 Å². The lowest BCUT2D eigenvalue weighted by Crippen LogP contribution is -2.50. The summed E-state index contributed by atoms with van der Waals surface area (Å²) in [6.07, 6.45) is 2.75. The van der Waals surface area contributed by atoms with E-state index in [1.165, 1.54) is 12.8 Å². The number of nitrogens with zero attached hydrogens (tertiary/aromatic N) is 2. The fraction of sp³-hybridized carbons (Fsp3) is 0.370. The summed E-state index contributed by atoms with van der Waals surface area (Å²) in [5.74, 6) is -5.92. The van der Waals surface area contributed by atoms with Gasteiger partial charge in [0.05, 0.1) is 18.3 Å². The average molecular weight is 576 g/mol. The molecule has 2 aliphatic rings. The lowest BCUT2D eigenvalue weighted by molar-refractivity contribution is -0.159. The number of amides is 1. The molecule has 0 aromatic heterocycles. The van der Waals surface area contributed by atoms with Crippen molar-refractivity contribution < 1.29 is 53.9 Å². The van der Waals surface area contributed by atoms with E-state index in [9.17, 15) is 4.79 Å². The second-order valence-corrected chi connectivity index (χ2v) is 8.89. The first kappa shape index (κ1) is 32.7. The van der Waals surface area contributed by atoms with Crippen molar-refractivity contribution in [2.75, 3.05) is 51.2 Å². The molecule has 0 saturated carbocycles. The Kier molecular flexibility index (Phi) is 13.7. The van der Waals surface area contributed by atoms with Gasteiger partial charge in [-0.3, -0.25) is 14.6 Å². The van der Waals surface area contributed by atoms with E-state index in [1.54, 1.807) is 0 Å². The first-order valence-corrected chi connectivity index (χ1v) is 12.7. The maximum atomic E-state index is 12.6. The van der Waals surface area contributed by atoms with Crippen LogP contribution in [0.25, 0.3) is 0 Å². The van der Waals surface area contributed by atoms with Gasteiger partial charge < -0.3 is 35.2 Å². The lowest BCUT2D eigenvalue weighted by atomic mass is 10.2. The van der Waals surface area contributed by atoms with Crippen molar-refractivity contribution >= 4 is 35.5 Å². The maximum Gasteiger partial charge on any atom is 0.414 e. The van der Waals surface area contributed by atoms with Crippen LogP contribution in [0.4, 0.5) is 5.69 Å². The van der Waals surface area contributed by atoms with Gasteiger partial charge in [0.25, 0.3) is 0 Å². The SMILES string of the molecule is O=C(CN1CCN(CC2CCCO2)CC1)Nc1ccccc1Oc1ccccc1.O=C(O)C(=O)O.O=C(O)C(=O)O. The minimum Gasteiger partial charge on any atom is -0.473 e. The number of carbonyl (C=O) groups excluding carboxylic acids is 1. The van der Waals surface area contributed by atoms with E-state index in [4.69, 9.17) is 49.1 Å². The number of para-hydroxylation sites is 3. The molecule has 2 saturated heterocycles. The van der Waals surface area contributed by atoms with Gasteiger partial charge in [0, 0.05) is 39.3 Å². The van der Waals surface area contributed by atoms with Gasteiger partial charge in [-0.15, -0.1) is 0 Å². The van der Waals surface area contributed by atoms with Gasteiger partial charge in [0.15, 0.2) is 5.75 Å². The molecule has 2 aliphatic heterocycles. The predicted octanol–water partition coefficient (Wildman–Crippen LogP) is 1.53. The number of anilines is 1. The lowest BCUT2D eigenvalue weighted by Gasteiger charge is -2.35. The van der Waals surface area contributed by atoms with Crippen molar-refractivity contribution in [3.05, 3.63) is 54.6 Å². The normalized spacial score (nSPS) is 16.6. The van der Waals surface area contributed by atoms with Crippen LogP contribution in [0.15, 0.2) is 54.6 Å². The van der Waals surface area contributed by atoms with Crippen LogP contribution in [-0.4, -0.2) is 112 Å². The summed E-state index contributed by atoms with van der Waals surface area (Å²) in [6, 6.07) is 17.1. The highest BCUT2D eigenvalue weighted by Gasteiger charge is 2.24. The molecule has 5 N–H and O–H groups in total. The summed E-state index contributed by atoms with van der Waals surface area (Å²) >= 11 is 0. The Bertz CT molecular complexity index is 1110. The molecule has 0 aliphatic carbocycles. The second-order valence-electron chi connectivity index (χ2n) is 8.89. The molecule has 1 amide bonds. The summed E-state index contributed by atoms with van der Waals surface area (Å²) in [5.41, 5.74) is 0.693. The average Bonchev–Trinajstić information content (AvgIpc) is 3.45. The Hall–Kier alpha value is -4.53. The van der Waals surface area contributed by atoms with Crippen molar-refractivity contribution in [1.82, 2.24) is 9.80 Å². The zero-order valence-electron chi connectivity index (χ0n) is 22.2. The van der Waals surface area contributed by atoms with E-state index in [-0.39, 0.29) is 5.91 Å². The highest BCUT2D eigenvalue weighted by molar-refractivity contribution is 6.27. The van der Waals surface area contributed by atoms with Crippen LogP contribution in [0, 0.1) is 0 Å². The summed E-state index contributed by atoms with van der Waals surface area (Å²) in [7, 11) is 0. The third-order valence-corrected chi connectivity index (χ3v) is 5.82. The van der Waals surface area contributed by atoms with Crippen molar-refractivity contribution in [3.63, 3.8) is 0 Å². The molecular formula is C27H33N3O11. The smallest absolute Gasteiger partial charge is 0.414 e. The molecule has 1 atom stereocenters. The van der Waals surface area contributed by atoms with Gasteiger partial charge >= 0.3 is 23.9 Å². The fourth-order valence-electron chi connectivity index (χ4n) is 3.87. The molecule has 14 nitrogen and oxygen atoms in total. The molecular weight excluding hydrogens is 542 g/mol. The molecule has 0 bridgehead atoms. The van der Waals surface area contributed by atoms with Crippen molar-refractivity contribution in [2.45, 2.75) is 18.9 Å². The number of benzene rings is 2. The number of carboxylic acid groups (broad SMARTS) is 4. The van der Waals surface area contributed by atoms with Crippen molar-refractivity contribution in [2.24, 2.45) is 0 Å². The van der Waals surface area contributed by atoms with Crippen LogP contribution >= 0.6 is 0 Å². The van der Waals surface area contributed by atoms with E-state index >= 15 is 0 Å². The van der Waals surface area contributed by atoms with E-state index in [0.717, 1.165) is 45.1 Å². The number of rotatable bonds is 7. The molecule has 2 aromatic carbocycles. The van der Waals surface area contributed by atoms with Gasteiger partial charge in [-0.25, -0.2) is 19.2 Å². The maximum absolute atomic E-state index is 12.6. The predicted molar refractivity (Wildman–Crippen MR) is 144 cm³/mol. The Morgan fingerprint density at radius 1 is 0.780 bits per heavy atom. The first-order valence-electron chi connectivity index (χ1n) is 12.7. The van der Waals surface area contributed by atoms with Crippen LogP contribution in [-0.2, 0) is 28.7 Å². The largest absolute Gasteiger partial charge is 0.473 e. The minimum atomic E-state index is -1.82. The van der Waals surface area contributed by atoms with Crippen LogP contribution in [0.2, 0.25) is 0 Å². The van der Waals surface area contributed by atoms with E-state index in [1.807, 2.05) is 54.6 Å². The molecule has 4 rings (SSSR count). The molecule has 2 aromatic rings. The number of piperazine rings is 1. The van der Waals surface area contributed by atoms with Crippen molar-refractivity contribution in [1.29, 1.82) is 0 Å². The topological polar surface area (TPSA) is 203 Å². The fourth-order valence-corrected chi connectivity index (χ4v) is 3.87. The third-order valence-electron chi connectivity index (χ3n) is 5.82. The van der Waals surface area contributed by atoms with Gasteiger partial charge in [0.1, 0.15) is 5.75 Å². The van der Waals surface area contributed by atoms with Gasteiger partial charge in [0.2, 0.25) is 5.91 Å². The zero-order chi connectivity index (χ0) is 30.2. The second kappa shape index (κ2) is 17.2. The highest BCUT2D eigenvalue weighted by Crippen LogP contribution is 2.29. The first-order chi connectivity index (χ1) is 19.5. The number of hydrogen-bond donors (Lipinski definition) is 5. The van der Waals surface area contributed by atoms with Crippen LogP contribution in [0.1, 0.15) is 12.8 Å². The van der Waals surface area contributed by atoms with Gasteiger partial charge in [-0.1, -0.05) is 30.3 Å². The standard InChI is InChI=1S/C23H29N3O3.2C2H2O4/c27-23(18-26-14-12-25(13-15-26)17-20-9-6-16-28-20)24-21-10-4-5-11-22(21)29-19-7-2-1-3-8-19;2*3-1(4)2(5)6/h1-5,7-8,10-11,20H,6,9,12-18H2,(H,24,27);2*(H,3,4)(H,5,6). The number of carboxylic acids is 4. The minimum absolute atomic E-state index is 0.0123. The Balaban J connectivity index is 0.000000413. The molecule has 222 valence electrons. The van der Waals surface area contributed by atoms with Crippen LogP contribution < -0.4 is 10.1 Å². The number of hydrogen-bond acceptors (Lipinski definition) is 9. The quantitative estimate of drug-likeness (QED) is 0.298. The Morgan fingerprint density at radius 2 is 1.32 bits per heavy atom. The monoisotopic (exact) mass is 575 g/mol. The number of aliphatic carboxylic acids is 4. The summed E-state index contributed by atoms with van der Waals surface area (Å²) in [6.45, 7) is 6.10. The van der Waals surface area contributed by atoms with Crippen LogP contribution in [0.5, 0.6) is 11.5 Å². The number of carbonyl (C=O) groups is 5. The summed E-state index contributed by atoms with van der Waals surface area (Å²) in [5, 5.41) is 32.6. The van der Waals surface area contributed by atoms with E-state index < -0.39 is 23.9 Å². The molecule has 41 heavy (non-hydrogen) atoms. The molecule has 2 fully saturated rings.